The highest BCUT2D eigenvalue weighted by Gasteiger charge is 2.19. The van der Waals surface area contributed by atoms with Crippen molar-refractivity contribution in [1.29, 1.82) is 0 Å². The van der Waals surface area contributed by atoms with Crippen LogP contribution in [0.1, 0.15) is 12.5 Å². The van der Waals surface area contributed by atoms with Crippen LogP contribution in [0, 0.1) is 0 Å². The number of nitrogens with zero attached hydrogens (tertiary/aromatic N) is 2. The first-order valence-corrected chi connectivity index (χ1v) is 10.7. The summed E-state index contributed by atoms with van der Waals surface area (Å²) in [6.07, 6.45) is 3.01. The number of carbonyl (C=O) groups excluding carboxylic acids is 2. The molecule has 0 fully saturated rings. The van der Waals surface area contributed by atoms with E-state index in [9.17, 15) is 9.59 Å². The Morgan fingerprint density at radius 1 is 1.06 bits per heavy atom. The molecule has 1 amide bonds. The third-order valence-corrected chi connectivity index (χ3v) is 5.83. The van der Waals surface area contributed by atoms with Crippen molar-refractivity contribution in [3.8, 4) is 23.0 Å². The van der Waals surface area contributed by atoms with E-state index in [2.05, 4.69) is 4.99 Å². The summed E-state index contributed by atoms with van der Waals surface area (Å²) in [6.45, 7) is 2.25. The highest BCUT2D eigenvalue weighted by Crippen LogP contribution is 2.37. The minimum absolute atomic E-state index is 0.0779. The lowest BCUT2D eigenvalue weighted by Crippen LogP contribution is -2.22. The summed E-state index contributed by atoms with van der Waals surface area (Å²) in [5, 5.41) is 0. The van der Waals surface area contributed by atoms with Gasteiger partial charge in [0.05, 0.1) is 16.8 Å². The fourth-order valence-electron chi connectivity index (χ4n) is 3.35. The number of hydrogen-bond acceptors (Lipinski definition) is 8. The van der Waals surface area contributed by atoms with E-state index >= 15 is 0 Å². The predicted octanol–water partition coefficient (Wildman–Crippen LogP) is 2.86. The number of ether oxygens (including phenoxy) is 5. The van der Waals surface area contributed by atoms with E-state index in [1.807, 2.05) is 12.1 Å². The van der Waals surface area contributed by atoms with Crippen LogP contribution >= 0.6 is 11.3 Å². The Hall–Kier alpha value is -3.79. The number of benzene rings is 2. The smallest absolute Gasteiger partial charge is 0.326 e. The van der Waals surface area contributed by atoms with Gasteiger partial charge in [-0.2, -0.15) is 4.99 Å². The monoisotopic (exact) mass is 454 g/mol. The third kappa shape index (κ3) is 3.92. The molecular weight excluding hydrogens is 436 g/mol. The van der Waals surface area contributed by atoms with Crippen molar-refractivity contribution in [3.63, 3.8) is 0 Å². The molecule has 0 radical (unpaired) electrons. The minimum atomic E-state index is -0.466. The third-order valence-electron chi connectivity index (χ3n) is 4.79. The first kappa shape index (κ1) is 20.1. The maximum atomic E-state index is 12.6. The maximum absolute atomic E-state index is 12.6. The van der Waals surface area contributed by atoms with Gasteiger partial charge in [-0.05, 0) is 30.7 Å². The minimum Gasteiger partial charge on any atom is -0.465 e. The van der Waals surface area contributed by atoms with Crippen molar-refractivity contribution in [3.05, 3.63) is 46.8 Å². The van der Waals surface area contributed by atoms with Crippen molar-refractivity contribution in [2.24, 2.45) is 4.99 Å². The second-order valence-corrected chi connectivity index (χ2v) is 7.85. The molecule has 9 nitrogen and oxygen atoms in total. The Balaban J connectivity index is 1.48. The molecule has 32 heavy (non-hydrogen) atoms. The molecule has 0 saturated carbocycles. The van der Waals surface area contributed by atoms with Crippen LogP contribution in [0.5, 0.6) is 23.0 Å². The zero-order valence-electron chi connectivity index (χ0n) is 17.0. The summed E-state index contributed by atoms with van der Waals surface area (Å²) in [5.41, 5.74) is 1.48. The lowest BCUT2D eigenvalue weighted by Gasteiger charge is -2.05. The van der Waals surface area contributed by atoms with Gasteiger partial charge in [-0.15, -0.1) is 0 Å². The highest BCUT2D eigenvalue weighted by molar-refractivity contribution is 7.16. The van der Waals surface area contributed by atoms with Crippen LogP contribution in [0.25, 0.3) is 16.3 Å². The van der Waals surface area contributed by atoms with Crippen LogP contribution in [0.3, 0.4) is 0 Å². The number of fused-ring (bicyclic) bond motifs is 3. The quantitative estimate of drug-likeness (QED) is 0.432. The number of esters is 1. The Kier molecular flexibility index (Phi) is 5.28. The summed E-state index contributed by atoms with van der Waals surface area (Å²) in [4.78, 5) is 29.3. The zero-order valence-corrected chi connectivity index (χ0v) is 17.8. The van der Waals surface area contributed by atoms with Crippen molar-refractivity contribution in [1.82, 2.24) is 4.57 Å². The van der Waals surface area contributed by atoms with E-state index in [1.165, 1.54) is 17.4 Å². The molecule has 5 rings (SSSR count). The molecular formula is C22H18N2O7S. The fourth-order valence-corrected chi connectivity index (χ4v) is 4.39. The summed E-state index contributed by atoms with van der Waals surface area (Å²) in [6, 6.07) is 8.98. The fraction of sp³-hybridized carbons (Fsp3) is 0.227. The highest BCUT2D eigenvalue weighted by atomic mass is 32.1. The molecule has 0 saturated heterocycles. The average molecular weight is 454 g/mol. The maximum Gasteiger partial charge on any atom is 0.326 e. The van der Waals surface area contributed by atoms with Gasteiger partial charge in [-0.1, -0.05) is 17.4 Å². The number of carbonyl (C=O) groups is 2. The second-order valence-electron chi connectivity index (χ2n) is 6.85. The molecule has 2 aliphatic rings. The van der Waals surface area contributed by atoms with Gasteiger partial charge in [0, 0.05) is 18.2 Å². The van der Waals surface area contributed by atoms with E-state index in [4.69, 9.17) is 23.7 Å². The normalized spacial score (nSPS) is 14.5. The molecule has 0 atom stereocenters. The van der Waals surface area contributed by atoms with Crippen molar-refractivity contribution in [2.45, 2.75) is 13.5 Å². The Morgan fingerprint density at radius 2 is 1.78 bits per heavy atom. The largest absolute Gasteiger partial charge is 0.465 e. The molecule has 3 heterocycles. The van der Waals surface area contributed by atoms with Crippen LogP contribution < -0.4 is 23.7 Å². The van der Waals surface area contributed by atoms with Gasteiger partial charge in [0.1, 0.15) is 6.54 Å². The SMILES string of the molecule is CCOC(=O)Cn1c(=NC(=O)C=Cc2ccc3c(c2)OCO3)sc2cc3c(cc21)OCO3. The van der Waals surface area contributed by atoms with E-state index in [0.717, 1.165) is 10.3 Å². The first-order valence-electron chi connectivity index (χ1n) is 9.86. The number of thiazole rings is 1. The first-order chi connectivity index (χ1) is 15.6. The van der Waals surface area contributed by atoms with E-state index in [1.54, 1.807) is 35.8 Å². The van der Waals surface area contributed by atoms with Crippen molar-refractivity contribution in [2.75, 3.05) is 20.2 Å². The van der Waals surface area contributed by atoms with Crippen LogP contribution in [-0.4, -0.2) is 36.6 Å². The molecule has 2 aliphatic heterocycles. The molecule has 0 aliphatic carbocycles. The molecule has 1 aromatic heterocycles. The molecule has 0 bridgehead atoms. The predicted molar refractivity (Wildman–Crippen MR) is 115 cm³/mol. The second kappa shape index (κ2) is 8.39. The van der Waals surface area contributed by atoms with Crippen LogP contribution in [0.4, 0.5) is 0 Å². The topological polar surface area (TPSA) is 97.6 Å². The number of amides is 1. The molecule has 2 aromatic carbocycles. The Morgan fingerprint density at radius 3 is 2.56 bits per heavy atom. The summed E-state index contributed by atoms with van der Waals surface area (Å²) in [7, 11) is 0. The lowest BCUT2D eigenvalue weighted by atomic mass is 10.2. The zero-order chi connectivity index (χ0) is 22.1. The van der Waals surface area contributed by atoms with E-state index in [0.29, 0.717) is 33.3 Å². The van der Waals surface area contributed by atoms with Crippen LogP contribution in [0.2, 0.25) is 0 Å². The molecule has 164 valence electrons. The Labute approximate surface area is 186 Å². The van der Waals surface area contributed by atoms with Gasteiger partial charge in [-0.25, -0.2) is 0 Å². The molecule has 3 aromatic rings. The number of hydrogen-bond donors (Lipinski definition) is 0. The van der Waals surface area contributed by atoms with Crippen LogP contribution in [-0.2, 0) is 20.9 Å². The van der Waals surface area contributed by atoms with Gasteiger partial charge < -0.3 is 28.3 Å². The molecule has 0 N–H and O–H groups in total. The number of aromatic nitrogens is 1. The van der Waals surface area contributed by atoms with Gasteiger partial charge in [0.25, 0.3) is 5.91 Å². The van der Waals surface area contributed by atoms with E-state index < -0.39 is 11.9 Å². The van der Waals surface area contributed by atoms with Gasteiger partial charge in [0.2, 0.25) is 13.6 Å². The van der Waals surface area contributed by atoms with Gasteiger partial charge in [0.15, 0.2) is 27.8 Å². The summed E-state index contributed by atoms with van der Waals surface area (Å²) < 4.78 is 29.1. The molecule has 0 spiro atoms. The van der Waals surface area contributed by atoms with E-state index in [-0.39, 0.29) is 26.7 Å². The van der Waals surface area contributed by atoms with Crippen molar-refractivity contribution >= 4 is 39.5 Å². The molecule has 10 heteroatoms. The molecule has 0 unspecified atom stereocenters. The lowest BCUT2D eigenvalue weighted by molar-refractivity contribution is -0.143. The standard InChI is InChI=1S/C22H18N2O7S/c1-2-27-21(26)10-24-14-8-17-18(31-12-30-17)9-19(14)32-22(24)23-20(25)6-4-13-3-5-15-16(7-13)29-11-28-15/h3-9H,2,10-12H2,1H3. The summed E-state index contributed by atoms with van der Waals surface area (Å²) >= 11 is 1.28. The van der Waals surface area contributed by atoms with Gasteiger partial charge >= 0.3 is 5.97 Å². The van der Waals surface area contributed by atoms with Crippen molar-refractivity contribution < 1.29 is 33.3 Å². The Bertz CT molecular complexity index is 1320. The van der Waals surface area contributed by atoms with Gasteiger partial charge in [-0.3, -0.25) is 9.59 Å². The van der Waals surface area contributed by atoms with Crippen LogP contribution in [0.15, 0.2) is 41.4 Å². The number of rotatable bonds is 5. The summed E-state index contributed by atoms with van der Waals surface area (Å²) in [5.74, 6) is 1.60. The average Bonchev–Trinajstić information content (AvgIpc) is 3.50.